The average Bonchev–Trinajstić information content (AvgIpc) is 3.01. The predicted octanol–water partition coefficient (Wildman–Crippen LogP) is 3.38. The van der Waals surface area contributed by atoms with Crippen molar-refractivity contribution >= 4 is 16.9 Å². The average molecular weight is 323 g/mol. The third-order valence-electron chi connectivity index (χ3n) is 3.79. The van der Waals surface area contributed by atoms with Gasteiger partial charge in [0, 0.05) is 0 Å². The first-order chi connectivity index (χ1) is 11.7. The number of benzene rings is 2. The Labute approximate surface area is 141 Å². The van der Waals surface area contributed by atoms with E-state index in [0.29, 0.717) is 13.0 Å². The van der Waals surface area contributed by atoms with Crippen LogP contribution in [0, 0.1) is 0 Å². The molecule has 0 saturated carbocycles. The molecule has 0 aliphatic carbocycles. The number of fused-ring (bicyclic) bond motifs is 1. The summed E-state index contributed by atoms with van der Waals surface area (Å²) in [5, 5.41) is 2.98. The number of aromatic nitrogens is 2. The molecule has 0 radical (unpaired) electrons. The van der Waals surface area contributed by atoms with Crippen LogP contribution in [0.2, 0.25) is 0 Å². The molecule has 1 atom stereocenters. The zero-order valence-electron chi connectivity index (χ0n) is 13.9. The summed E-state index contributed by atoms with van der Waals surface area (Å²) >= 11 is 0. The summed E-state index contributed by atoms with van der Waals surface area (Å²) in [6.45, 7) is 4.50. The second-order valence-electron chi connectivity index (χ2n) is 5.68. The third-order valence-corrected chi connectivity index (χ3v) is 3.79. The largest absolute Gasteiger partial charge is 0.494 e. The van der Waals surface area contributed by atoms with Gasteiger partial charge in [-0.3, -0.25) is 4.79 Å². The number of ether oxygens (including phenoxy) is 1. The summed E-state index contributed by atoms with van der Waals surface area (Å²) in [5.74, 6) is 1.54. The molecule has 2 N–H and O–H groups in total. The number of rotatable bonds is 6. The Morgan fingerprint density at radius 1 is 1.21 bits per heavy atom. The number of carbonyl (C=O) groups is 1. The molecule has 0 unspecified atom stereocenters. The first kappa shape index (κ1) is 16.1. The van der Waals surface area contributed by atoms with Gasteiger partial charge in [0.1, 0.15) is 11.6 Å². The Balaban J connectivity index is 1.61. The molecule has 0 fully saturated rings. The fourth-order valence-electron chi connectivity index (χ4n) is 2.59. The highest BCUT2D eigenvalue weighted by atomic mass is 16.5. The molecule has 24 heavy (non-hydrogen) atoms. The van der Waals surface area contributed by atoms with Crippen molar-refractivity contribution in [1.82, 2.24) is 15.3 Å². The molecule has 1 aromatic heterocycles. The highest BCUT2D eigenvalue weighted by Crippen LogP contribution is 2.16. The number of hydrogen-bond acceptors (Lipinski definition) is 3. The highest BCUT2D eigenvalue weighted by Gasteiger charge is 2.13. The van der Waals surface area contributed by atoms with Gasteiger partial charge in [-0.15, -0.1) is 0 Å². The lowest BCUT2D eigenvalue weighted by Gasteiger charge is -2.11. The number of H-pyrrole nitrogens is 1. The van der Waals surface area contributed by atoms with Crippen molar-refractivity contribution in [3.63, 3.8) is 0 Å². The fourth-order valence-corrected chi connectivity index (χ4v) is 2.59. The second kappa shape index (κ2) is 7.17. The third kappa shape index (κ3) is 3.74. The number of hydrogen-bond donors (Lipinski definition) is 2. The molecule has 124 valence electrons. The molecule has 1 amide bonds. The summed E-state index contributed by atoms with van der Waals surface area (Å²) in [7, 11) is 0. The molecule has 3 rings (SSSR count). The van der Waals surface area contributed by atoms with Crippen LogP contribution in [0.15, 0.2) is 48.5 Å². The maximum absolute atomic E-state index is 12.2. The standard InChI is InChI=1S/C19H21N3O2/c1-3-24-15-10-8-14(9-11-15)12-18(23)20-13(2)19-21-16-6-4-5-7-17(16)22-19/h4-11,13H,3,12H2,1-2H3,(H,20,23)(H,21,22)/t13-/m1/s1. The van der Waals surface area contributed by atoms with Crippen molar-refractivity contribution in [2.24, 2.45) is 0 Å². The quantitative estimate of drug-likeness (QED) is 0.731. The van der Waals surface area contributed by atoms with Gasteiger partial charge in [0.2, 0.25) is 5.91 Å². The Hall–Kier alpha value is -2.82. The van der Waals surface area contributed by atoms with Gasteiger partial charge in [0.05, 0.1) is 30.1 Å². The number of nitrogens with one attached hydrogen (secondary N) is 2. The smallest absolute Gasteiger partial charge is 0.224 e. The van der Waals surface area contributed by atoms with Crippen LogP contribution in [-0.2, 0) is 11.2 Å². The van der Waals surface area contributed by atoms with Gasteiger partial charge >= 0.3 is 0 Å². The number of aromatic amines is 1. The van der Waals surface area contributed by atoms with E-state index in [1.54, 1.807) is 0 Å². The van der Waals surface area contributed by atoms with Crippen LogP contribution in [0.4, 0.5) is 0 Å². The Bertz CT molecular complexity index is 791. The molecule has 0 saturated heterocycles. The fraction of sp³-hybridized carbons (Fsp3) is 0.263. The molecule has 0 aliphatic heterocycles. The van der Waals surface area contributed by atoms with Crippen LogP contribution in [0.1, 0.15) is 31.3 Å². The van der Waals surface area contributed by atoms with E-state index in [-0.39, 0.29) is 11.9 Å². The minimum absolute atomic E-state index is 0.0351. The molecule has 3 aromatic rings. The van der Waals surface area contributed by atoms with Gasteiger partial charge in [-0.1, -0.05) is 24.3 Å². The topological polar surface area (TPSA) is 67.0 Å². The summed E-state index contributed by atoms with van der Waals surface area (Å²) in [5.41, 5.74) is 2.83. The first-order valence-corrected chi connectivity index (χ1v) is 8.11. The molecular formula is C19H21N3O2. The monoisotopic (exact) mass is 323 g/mol. The maximum Gasteiger partial charge on any atom is 0.224 e. The molecular weight excluding hydrogens is 302 g/mol. The van der Waals surface area contributed by atoms with E-state index in [0.717, 1.165) is 28.2 Å². The van der Waals surface area contributed by atoms with Crippen molar-refractivity contribution in [3.05, 3.63) is 59.9 Å². The Kier molecular flexibility index (Phi) is 4.79. The van der Waals surface area contributed by atoms with E-state index in [4.69, 9.17) is 4.74 Å². The van der Waals surface area contributed by atoms with Gasteiger partial charge in [0.25, 0.3) is 0 Å². The van der Waals surface area contributed by atoms with Gasteiger partial charge < -0.3 is 15.0 Å². The van der Waals surface area contributed by atoms with Crippen molar-refractivity contribution in [2.45, 2.75) is 26.3 Å². The van der Waals surface area contributed by atoms with Crippen molar-refractivity contribution in [2.75, 3.05) is 6.61 Å². The minimum atomic E-state index is -0.174. The number of amides is 1. The normalized spacial score (nSPS) is 12.1. The maximum atomic E-state index is 12.2. The summed E-state index contributed by atoms with van der Waals surface area (Å²) < 4.78 is 5.40. The predicted molar refractivity (Wildman–Crippen MR) is 94.0 cm³/mol. The van der Waals surface area contributed by atoms with Crippen LogP contribution < -0.4 is 10.1 Å². The van der Waals surface area contributed by atoms with E-state index < -0.39 is 0 Å². The number of nitrogens with zero attached hydrogens (tertiary/aromatic N) is 1. The molecule has 5 nitrogen and oxygen atoms in total. The lowest BCUT2D eigenvalue weighted by atomic mass is 10.1. The number of imidazole rings is 1. The van der Waals surface area contributed by atoms with Gasteiger partial charge in [-0.25, -0.2) is 4.98 Å². The van der Waals surface area contributed by atoms with Crippen LogP contribution >= 0.6 is 0 Å². The van der Waals surface area contributed by atoms with Crippen molar-refractivity contribution in [3.8, 4) is 5.75 Å². The second-order valence-corrected chi connectivity index (χ2v) is 5.68. The zero-order chi connectivity index (χ0) is 16.9. The molecule has 0 bridgehead atoms. The Morgan fingerprint density at radius 2 is 1.96 bits per heavy atom. The van der Waals surface area contributed by atoms with Gasteiger partial charge in [0.15, 0.2) is 0 Å². The lowest BCUT2D eigenvalue weighted by Crippen LogP contribution is -2.28. The van der Waals surface area contributed by atoms with Crippen LogP contribution in [-0.4, -0.2) is 22.5 Å². The SMILES string of the molecule is CCOc1ccc(CC(=O)N[C@H](C)c2nc3ccccc3[nH]2)cc1. The molecule has 2 aromatic carbocycles. The first-order valence-electron chi connectivity index (χ1n) is 8.11. The summed E-state index contributed by atoms with van der Waals surface area (Å²) in [4.78, 5) is 20.0. The molecule has 0 aliphatic rings. The van der Waals surface area contributed by atoms with Gasteiger partial charge in [-0.05, 0) is 43.7 Å². The van der Waals surface area contributed by atoms with E-state index >= 15 is 0 Å². The lowest BCUT2D eigenvalue weighted by molar-refractivity contribution is -0.121. The highest BCUT2D eigenvalue weighted by molar-refractivity contribution is 5.79. The van der Waals surface area contributed by atoms with E-state index in [2.05, 4.69) is 15.3 Å². The minimum Gasteiger partial charge on any atom is -0.494 e. The molecule has 1 heterocycles. The van der Waals surface area contributed by atoms with E-state index in [9.17, 15) is 4.79 Å². The zero-order valence-corrected chi connectivity index (χ0v) is 13.9. The van der Waals surface area contributed by atoms with E-state index in [1.807, 2.05) is 62.4 Å². The Morgan fingerprint density at radius 3 is 2.67 bits per heavy atom. The number of para-hydroxylation sites is 2. The summed E-state index contributed by atoms with van der Waals surface area (Å²) in [6.07, 6.45) is 0.330. The number of carbonyl (C=O) groups excluding carboxylic acids is 1. The summed E-state index contributed by atoms with van der Waals surface area (Å²) in [6, 6.07) is 15.2. The van der Waals surface area contributed by atoms with Crippen molar-refractivity contribution in [1.29, 1.82) is 0 Å². The van der Waals surface area contributed by atoms with Crippen LogP contribution in [0.5, 0.6) is 5.75 Å². The van der Waals surface area contributed by atoms with E-state index in [1.165, 1.54) is 0 Å². The molecule has 5 heteroatoms. The van der Waals surface area contributed by atoms with Crippen LogP contribution in [0.3, 0.4) is 0 Å². The van der Waals surface area contributed by atoms with Crippen LogP contribution in [0.25, 0.3) is 11.0 Å². The van der Waals surface area contributed by atoms with Crippen molar-refractivity contribution < 1.29 is 9.53 Å². The van der Waals surface area contributed by atoms with Gasteiger partial charge in [-0.2, -0.15) is 0 Å². The molecule has 0 spiro atoms.